The maximum atomic E-state index is 12.2. The summed E-state index contributed by atoms with van der Waals surface area (Å²) in [6, 6.07) is 16.7. The van der Waals surface area contributed by atoms with Crippen LogP contribution < -0.4 is 10.1 Å². The molecule has 2 aromatic carbocycles. The minimum absolute atomic E-state index is 0.0977. The average Bonchev–Trinajstić information content (AvgIpc) is 2.65. The highest BCUT2D eigenvalue weighted by Gasteiger charge is 2.08. The van der Waals surface area contributed by atoms with Crippen LogP contribution in [-0.2, 0) is 6.42 Å². The van der Waals surface area contributed by atoms with Crippen LogP contribution in [0.15, 0.2) is 67.0 Å². The predicted molar refractivity (Wildman–Crippen MR) is 93.7 cm³/mol. The summed E-state index contributed by atoms with van der Waals surface area (Å²) in [5.74, 6) is 0.323. The van der Waals surface area contributed by atoms with Gasteiger partial charge >= 0.3 is 6.01 Å². The number of hydrogen-bond acceptors (Lipinski definition) is 5. The number of anilines is 1. The molecule has 0 aliphatic heterocycles. The van der Waals surface area contributed by atoms with E-state index in [-0.39, 0.29) is 18.5 Å². The van der Waals surface area contributed by atoms with E-state index in [1.807, 2.05) is 30.3 Å². The first-order valence-electron chi connectivity index (χ1n) is 7.81. The van der Waals surface area contributed by atoms with Crippen molar-refractivity contribution >= 4 is 11.6 Å². The molecule has 0 fully saturated rings. The first kappa shape index (κ1) is 16.6. The second-order valence-electron chi connectivity index (χ2n) is 5.29. The third-order valence-corrected chi connectivity index (χ3v) is 3.45. The van der Waals surface area contributed by atoms with Crippen molar-refractivity contribution in [2.75, 3.05) is 11.9 Å². The molecule has 126 valence electrons. The summed E-state index contributed by atoms with van der Waals surface area (Å²) in [7, 11) is 0. The van der Waals surface area contributed by atoms with Crippen molar-refractivity contribution in [2.45, 2.75) is 6.42 Å². The van der Waals surface area contributed by atoms with Crippen LogP contribution in [-0.4, -0.2) is 27.6 Å². The summed E-state index contributed by atoms with van der Waals surface area (Å²) in [6.45, 7) is 0.0977. The molecule has 0 aliphatic carbocycles. The van der Waals surface area contributed by atoms with Crippen molar-refractivity contribution in [3.8, 4) is 11.8 Å². The lowest BCUT2D eigenvalue weighted by atomic mass is 10.1. The third-order valence-electron chi connectivity index (χ3n) is 3.45. The second kappa shape index (κ2) is 8.03. The summed E-state index contributed by atoms with van der Waals surface area (Å²) in [6.07, 6.45) is 3.42. The highest BCUT2D eigenvalue weighted by Crippen LogP contribution is 2.17. The highest BCUT2D eigenvalue weighted by atomic mass is 16.5. The van der Waals surface area contributed by atoms with Crippen LogP contribution in [0, 0.1) is 0 Å². The van der Waals surface area contributed by atoms with E-state index in [4.69, 9.17) is 9.84 Å². The van der Waals surface area contributed by atoms with E-state index >= 15 is 0 Å². The first-order valence-corrected chi connectivity index (χ1v) is 7.81. The van der Waals surface area contributed by atoms with Crippen molar-refractivity contribution in [3.63, 3.8) is 0 Å². The maximum absolute atomic E-state index is 12.2. The van der Waals surface area contributed by atoms with E-state index in [0.29, 0.717) is 23.4 Å². The molecule has 0 bridgehead atoms. The van der Waals surface area contributed by atoms with E-state index < -0.39 is 0 Å². The van der Waals surface area contributed by atoms with Gasteiger partial charge in [-0.15, -0.1) is 0 Å². The van der Waals surface area contributed by atoms with E-state index in [1.54, 1.807) is 24.3 Å². The molecule has 1 aromatic heterocycles. The predicted octanol–water partition coefficient (Wildman–Crippen LogP) is 3.06. The van der Waals surface area contributed by atoms with Crippen LogP contribution in [0.25, 0.3) is 0 Å². The van der Waals surface area contributed by atoms with E-state index in [1.165, 1.54) is 12.4 Å². The number of para-hydroxylation sites is 1. The number of amides is 1. The van der Waals surface area contributed by atoms with Gasteiger partial charge in [0, 0.05) is 24.7 Å². The number of aliphatic hydroxyl groups excluding tert-OH is 1. The topological polar surface area (TPSA) is 84.3 Å². The molecule has 0 atom stereocenters. The van der Waals surface area contributed by atoms with Crippen molar-refractivity contribution in [3.05, 3.63) is 78.1 Å². The Morgan fingerprint density at radius 1 is 1.00 bits per heavy atom. The molecule has 0 saturated heterocycles. The van der Waals surface area contributed by atoms with Crippen LogP contribution in [0.2, 0.25) is 0 Å². The number of benzene rings is 2. The van der Waals surface area contributed by atoms with Gasteiger partial charge in [0.2, 0.25) is 0 Å². The highest BCUT2D eigenvalue weighted by molar-refractivity contribution is 6.03. The normalized spacial score (nSPS) is 10.3. The molecule has 0 spiro atoms. The molecule has 6 nitrogen and oxygen atoms in total. The fourth-order valence-electron chi connectivity index (χ4n) is 2.17. The second-order valence-corrected chi connectivity index (χ2v) is 5.29. The summed E-state index contributed by atoms with van der Waals surface area (Å²) in [5, 5.41) is 11.7. The Morgan fingerprint density at radius 3 is 2.32 bits per heavy atom. The van der Waals surface area contributed by atoms with Crippen LogP contribution >= 0.6 is 0 Å². The van der Waals surface area contributed by atoms with Gasteiger partial charge in [-0.3, -0.25) is 4.79 Å². The number of aliphatic hydroxyl groups is 1. The van der Waals surface area contributed by atoms with Crippen LogP contribution in [0.4, 0.5) is 5.69 Å². The molecule has 25 heavy (non-hydrogen) atoms. The summed E-state index contributed by atoms with van der Waals surface area (Å²) < 4.78 is 5.49. The van der Waals surface area contributed by atoms with Gasteiger partial charge in [0.05, 0.1) is 5.56 Å². The number of ether oxygens (including phenoxy) is 1. The lowest BCUT2D eigenvalue weighted by Gasteiger charge is -2.07. The van der Waals surface area contributed by atoms with Gasteiger partial charge in [-0.1, -0.05) is 30.3 Å². The van der Waals surface area contributed by atoms with Crippen molar-refractivity contribution in [1.82, 2.24) is 9.97 Å². The number of nitrogens with zero attached hydrogens (tertiary/aromatic N) is 2. The standard InChI is InChI=1S/C19H17N3O3/c23-11-10-14-6-8-16(9-7-14)22-18(24)15-12-20-19(21-13-15)25-17-4-2-1-3-5-17/h1-9,12-13,23H,10-11H2,(H,22,24). The van der Waals surface area contributed by atoms with Crippen LogP contribution in [0.5, 0.6) is 11.8 Å². The summed E-state index contributed by atoms with van der Waals surface area (Å²) >= 11 is 0. The Balaban J connectivity index is 1.62. The molecule has 1 amide bonds. The van der Waals surface area contributed by atoms with Crippen molar-refractivity contribution in [1.29, 1.82) is 0 Å². The van der Waals surface area contributed by atoms with Gasteiger partial charge in [0.25, 0.3) is 5.91 Å². The molecule has 2 N–H and O–H groups in total. The minimum Gasteiger partial charge on any atom is -0.424 e. The van der Waals surface area contributed by atoms with Gasteiger partial charge in [0.1, 0.15) is 5.75 Å². The minimum atomic E-state index is -0.304. The first-order chi connectivity index (χ1) is 12.2. The maximum Gasteiger partial charge on any atom is 0.321 e. The van der Waals surface area contributed by atoms with Gasteiger partial charge in [-0.25, -0.2) is 9.97 Å². The monoisotopic (exact) mass is 335 g/mol. The van der Waals surface area contributed by atoms with Gasteiger partial charge in [-0.05, 0) is 36.2 Å². The molecule has 1 heterocycles. The molecular weight excluding hydrogens is 318 g/mol. The zero-order valence-corrected chi connectivity index (χ0v) is 13.4. The number of rotatable bonds is 6. The van der Waals surface area contributed by atoms with E-state index in [9.17, 15) is 4.79 Å². The zero-order valence-electron chi connectivity index (χ0n) is 13.4. The molecule has 3 rings (SSSR count). The van der Waals surface area contributed by atoms with Crippen LogP contribution in [0.3, 0.4) is 0 Å². The average molecular weight is 335 g/mol. The number of aromatic nitrogens is 2. The van der Waals surface area contributed by atoms with Crippen molar-refractivity contribution in [2.24, 2.45) is 0 Å². The molecule has 0 saturated carbocycles. The van der Waals surface area contributed by atoms with Crippen molar-refractivity contribution < 1.29 is 14.6 Å². The Kier molecular flexibility index (Phi) is 5.33. The number of carbonyl (C=O) groups is 1. The Bertz CT molecular complexity index is 819. The number of nitrogens with one attached hydrogen (secondary N) is 1. The Hall–Kier alpha value is -3.25. The van der Waals surface area contributed by atoms with Gasteiger partial charge < -0.3 is 15.2 Å². The molecule has 0 radical (unpaired) electrons. The number of carbonyl (C=O) groups excluding carboxylic acids is 1. The van der Waals surface area contributed by atoms with E-state index in [2.05, 4.69) is 15.3 Å². The smallest absolute Gasteiger partial charge is 0.321 e. The van der Waals surface area contributed by atoms with Gasteiger partial charge in [0.15, 0.2) is 0 Å². The largest absolute Gasteiger partial charge is 0.424 e. The fraction of sp³-hybridized carbons (Fsp3) is 0.105. The van der Waals surface area contributed by atoms with Crippen LogP contribution in [0.1, 0.15) is 15.9 Å². The third kappa shape index (κ3) is 4.62. The molecule has 6 heteroatoms. The molecule has 0 unspecified atom stereocenters. The van der Waals surface area contributed by atoms with Gasteiger partial charge in [-0.2, -0.15) is 0 Å². The lowest BCUT2D eigenvalue weighted by Crippen LogP contribution is -2.12. The molecular formula is C19H17N3O3. The SMILES string of the molecule is O=C(Nc1ccc(CCO)cc1)c1cnc(Oc2ccccc2)nc1. The molecule has 3 aromatic rings. The fourth-order valence-corrected chi connectivity index (χ4v) is 2.17. The summed E-state index contributed by atoms with van der Waals surface area (Å²) in [4.78, 5) is 20.3. The zero-order chi connectivity index (χ0) is 17.5. The molecule has 0 aliphatic rings. The Labute approximate surface area is 145 Å². The quantitative estimate of drug-likeness (QED) is 0.723. The summed E-state index contributed by atoms with van der Waals surface area (Å²) in [5.41, 5.74) is 2.00. The lowest BCUT2D eigenvalue weighted by molar-refractivity contribution is 0.102. The van der Waals surface area contributed by atoms with E-state index in [0.717, 1.165) is 5.56 Å². The number of hydrogen-bond donors (Lipinski definition) is 2. The Morgan fingerprint density at radius 2 is 1.68 bits per heavy atom.